The normalized spacial score (nSPS) is 11.2. The van der Waals surface area contributed by atoms with E-state index in [4.69, 9.17) is 4.74 Å². The highest BCUT2D eigenvalue weighted by Gasteiger charge is 2.33. The minimum absolute atomic E-state index is 0.339. The average Bonchev–Trinajstić information content (AvgIpc) is 3.18. The van der Waals surface area contributed by atoms with Gasteiger partial charge in [-0.15, -0.1) is 11.3 Å². The largest absolute Gasteiger partial charge is 0.492 e. The van der Waals surface area contributed by atoms with Crippen molar-refractivity contribution in [3.05, 3.63) is 64.3 Å². The lowest BCUT2D eigenvalue weighted by Gasteiger charge is -2.25. The third kappa shape index (κ3) is 3.93. The Labute approximate surface area is 161 Å². The molecule has 3 rings (SSSR count). The maximum atomic E-state index is 13.0. The van der Waals surface area contributed by atoms with Gasteiger partial charge in [-0.05, 0) is 50.4 Å². The fraction of sp³-hybridized carbons (Fsp3) is 0.250. The van der Waals surface area contributed by atoms with Gasteiger partial charge in [-0.1, -0.05) is 18.2 Å². The molecule has 2 aromatic heterocycles. The Balaban J connectivity index is 1.93. The van der Waals surface area contributed by atoms with Crippen LogP contribution in [0.1, 0.15) is 20.8 Å². The second-order valence-electron chi connectivity index (χ2n) is 6.39. The van der Waals surface area contributed by atoms with Crippen LogP contribution in [0.4, 0.5) is 5.69 Å². The maximum Gasteiger partial charge on any atom is 0.267 e. The van der Waals surface area contributed by atoms with Crippen molar-refractivity contribution in [3.63, 3.8) is 0 Å². The molecule has 0 aliphatic carbocycles. The van der Waals surface area contributed by atoms with Crippen molar-refractivity contribution in [3.8, 4) is 16.3 Å². The van der Waals surface area contributed by atoms with Gasteiger partial charge in [0.2, 0.25) is 0 Å². The van der Waals surface area contributed by atoms with Gasteiger partial charge in [0.05, 0.1) is 17.2 Å². The molecule has 1 aromatic carbocycles. The molecule has 0 spiro atoms. The van der Waals surface area contributed by atoms with E-state index in [0.29, 0.717) is 23.7 Å². The van der Waals surface area contributed by atoms with Gasteiger partial charge in [0, 0.05) is 6.07 Å². The molecule has 1 N–H and O–H groups in total. The van der Waals surface area contributed by atoms with Crippen molar-refractivity contribution in [2.75, 3.05) is 11.9 Å². The number of carbonyl (C=O) groups excluding carboxylic acids is 1. The standard InChI is InChI=1S/C20H21N3O3S/c1-4-26-16-9-6-5-8-14(16)21-19(25)20(2,3)23-18(24)12-11-15(22-23)17-10-7-13-27-17/h5-13H,4H2,1-3H3,(H,21,25). The van der Waals surface area contributed by atoms with Crippen LogP contribution in [0.15, 0.2) is 58.7 Å². The van der Waals surface area contributed by atoms with E-state index in [1.54, 1.807) is 32.0 Å². The molecular weight excluding hydrogens is 362 g/mol. The molecule has 7 heteroatoms. The molecule has 0 bridgehead atoms. The predicted molar refractivity (Wildman–Crippen MR) is 107 cm³/mol. The van der Waals surface area contributed by atoms with Gasteiger partial charge in [0.15, 0.2) is 0 Å². The molecular formula is C20H21N3O3S. The third-order valence-electron chi connectivity index (χ3n) is 4.09. The summed E-state index contributed by atoms with van der Waals surface area (Å²) < 4.78 is 6.77. The Morgan fingerprint density at radius 1 is 1.19 bits per heavy atom. The Morgan fingerprint density at radius 3 is 2.67 bits per heavy atom. The first-order chi connectivity index (χ1) is 12.9. The number of hydrogen-bond donors (Lipinski definition) is 1. The van der Waals surface area contributed by atoms with Crippen LogP contribution < -0.4 is 15.6 Å². The minimum atomic E-state index is -1.19. The van der Waals surface area contributed by atoms with Gasteiger partial charge < -0.3 is 10.1 Å². The topological polar surface area (TPSA) is 73.2 Å². The zero-order valence-electron chi connectivity index (χ0n) is 15.4. The highest BCUT2D eigenvalue weighted by atomic mass is 32.1. The minimum Gasteiger partial charge on any atom is -0.492 e. The molecule has 27 heavy (non-hydrogen) atoms. The molecule has 0 atom stereocenters. The lowest BCUT2D eigenvalue weighted by Crippen LogP contribution is -2.47. The van der Waals surface area contributed by atoms with E-state index in [1.165, 1.54) is 22.1 Å². The first-order valence-corrected chi connectivity index (χ1v) is 9.49. The van der Waals surface area contributed by atoms with E-state index in [2.05, 4.69) is 10.4 Å². The summed E-state index contributed by atoms with van der Waals surface area (Å²) >= 11 is 1.52. The van der Waals surface area contributed by atoms with Gasteiger partial charge >= 0.3 is 0 Å². The average molecular weight is 383 g/mol. The van der Waals surface area contributed by atoms with Crippen molar-refractivity contribution < 1.29 is 9.53 Å². The summed E-state index contributed by atoms with van der Waals surface area (Å²) in [6.07, 6.45) is 0. The molecule has 0 radical (unpaired) electrons. The summed E-state index contributed by atoms with van der Waals surface area (Å²) in [5, 5.41) is 9.22. The van der Waals surface area contributed by atoms with E-state index in [1.807, 2.05) is 36.6 Å². The SMILES string of the molecule is CCOc1ccccc1NC(=O)C(C)(C)n1nc(-c2cccs2)ccc1=O. The number of carbonyl (C=O) groups is 1. The van der Waals surface area contributed by atoms with E-state index in [9.17, 15) is 9.59 Å². The summed E-state index contributed by atoms with van der Waals surface area (Å²) in [6.45, 7) is 5.69. The fourth-order valence-electron chi connectivity index (χ4n) is 2.59. The molecule has 140 valence electrons. The number of benzene rings is 1. The van der Waals surface area contributed by atoms with Gasteiger partial charge in [-0.25, -0.2) is 4.68 Å². The second kappa shape index (κ2) is 7.75. The molecule has 0 saturated carbocycles. The van der Waals surface area contributed by atoms with Crippen LogP contribution in [-0.4, -0.2) is 22.3 Å². The molecule has 0 aliphatic heterocycles. The van der Waals surface area contributed by atoms with Crippen molar-refractivity contribution in [1.29, 1.82) is 0 Å². The van der Waals surface area contributed by atoms with Crippen LogP contribution in [0.5, 0.6) is 5.75 Å². The number of amides is 1. The molecule has 3 aromatic rings. The summed E-state index contributed by atoms with van der Waals surface area (Å²) in [5.74, 6) is 0.226. The molecule has 1 amide bonds. The van der Waals surface area contributed by atoms with Crippen LogP contribution in [0.25, 0.3) is 10.6 Å². The maximum absolute atomic E-state index is 13.0. The molecule has 6 nitrogen and oxygen atoms in total. The molecule has 0 unspecified atom stereocenters. The van der Waals surface area contributed by atoms with Crippen LogP contribution in [0.2, 0.25) is 0 Å². The molecule has 2 heterocycles. The Hall–Kier alpha value is -2.93. The molecule has 0 fully saturated rings. The number of thiophene rings is 1. The van der Waals surface area contributed by atoms with Crippen LogP contribution in [0, 0.1) is 0 Å². The third-order valence-corrected chi connectivity index (χ3v) is 4.99. The van der Waals surface area contributed by atoms with Crippen molar-refractivity contribution in [1.82, 2.24) is 9.78 Å². The lowest BCUT2D eigenvalue weighted by molar-refractivity contribution is -0.123. The van der Waals surface area contributed by atoms with Crippen molar-refractivity contribution in [2.45, 2.75) is 26.3 Å². The zero-order chi connectivity index (χ0) is 19.4. The van der Waals surface area contributed by atoms with E-state index >= 15 is 0 Å². The Morgan fingerprint density at radius 2 is 1.96 bits per heavy atom. The van der Waals surface area contributed by atoms with E-state index in [-0.39, 0.29) is 11.5 Å². The first-order valence-electron chi connectivity index (χ1n) is 8.61. The Kier molecular flexibility index (Phi) is 5.41. The van der Waals surface area contributed by atoms with Gasteiger partial charge in [-0.2, -0.15) is 5.10 Å². The number of nitrogens with zero attached hydrogens (tertiary/aromatic N) is 2. The number of rotatable bonds is 6. The van der Waals surface area contributed by atoms with Gasteiger partial charge in [0.1, 0.15) is 17.0 Å². The number of hydrogen-bond acceptors (Lipinski definition) is 5. The second-order valence-corrected chi connectivity index (χ2v) is 7.34. The van der Waals surface area contributed by atoms with Gasteiger partial charge in [-0.3, -0.25) is 9.59 Å². The van der Waals surface area contributed by atoms with Crippen LogP contribution in [-0.2, 0) is 10.3 Å². The van der Waals surface area contributed by atoms with Crippen LogP contribution in [0.3, 0.4) is 0 Å². The predicted octanol–water partition coefficient (Wildman–Crippen LogP) is 3.74. The Bertz CT molecular complexity index is 994. The first kappa shape index (κ1) is 18.8. The highest BCUT2D eigenvalue weighted by Crippen LogP contribution is 2.26. The lowest BCUT2D eigenvalue weighted by atomic mass is 10.0. The molecule has 0 aliphatic rings. The van der Waals surface area contributed by atoms with E-state index < -0.39 is 5.54 Å². The molecule has 0 saturated heterocycles. The zero-order valence-corrected chi connectivity index (χ0v) is 16.2. The smallest absolute Gasteiger partial charge is 0.267 e. The number of aromatic nitrogens is 2. The van der Waals surface area contributed by atoms with E-state index in [0.717, 1.165) is 4.88 Å². The number of para-hydroxylation sites is 2. The monoisotopic (exact) mass is 383 g/mol. The van der Waals surface area contributed by atoms with Crippen molar-refractivity contribution >= 4 is 22.9 Å². The summed E-state index contributed by atoms with van der Waals surface area (Å²) in [7, 11) is 0. The highest BCUT2D eigenvalue weighted by molar-refractivity contribution is 7.13. The van der Waals surface area contributed by atoms with Gasteiger partial charge in [0.25, 0.3) is 11.5 Å². The van der Waals surface area contributed by atoms with Crippen LogP contribution >= 0.6 is 11.3 Å². The quantitative estimate of drug-likeness (QED) is 0.704. The fourth-order valence-corrected chi connectivity index (χ4v) is 3.28. The summed E-state index contributed by atoms with van der Waals surface area (Å²) in [6, 6.07) is 14.1. The number of nitrogens with one attached hydrogen (secondary N) is 1. The summed E-state index contributed by atoms with van der Waals surface area (Å²) in [4.78, 5) is 26.3. The number of ether oxygens (including phenoxy) is 1. The number of anilines is 1. The summed E-state index contributed by atoms with van der Waals surface area (Å²) in [5.41, 5.74) is -0.322. The van der Waals surface area contributed by atoms with Crippen molar-refractivity contribution in [2.24, 2.45) is 0 Å².